The summed E-state index contributed by atoms with van der Waals surface area (Å²) in [5.41, 5.74) is 0. The molecule has 0 aromatic rings. The summed E-state index contributed by atoms with van der Waals surface area (Å²) in [5.74, 6) is -0.493. The highest BCUT2D eigenvalue weighted by Crippen LogP contribution is 2.47. The van der Waals surface area contributed by atoms with Gasteiger partial charge in [-0.25, -0.2) is 4.57 Å². The Kier molecular flexibility index (Phi) is 39.2. The molecule has 1 rings (SSSR count). The highest BCUT2D eigenvalue weighted by Gasteiger charge is 2.51. The topological polar surface area (TPSA) is 192 Å². The molecule has 6 N–H and O–H groups in total. The number of aliphatic hydroxyl groups is 5. The third-order valence-corrected chi connectivity index (χ3v) is 12.3. The average Bonchev–Trinajstić information content (AvgIpc) is 3.29. The van der Waals surface area contributed by atoms with Crippen molar-refractivity contribution in [3.05, 3.63) is 72.9 Å². The number of ether oxygens (including phenoxy) is 2. The lowest BCUT2D eigenvalue weighted by Crippen LogP contribution is -2.64. The van der Waals surface area contributed by atoms with Crippen molar-refractivity contribution in [2.75, 3.05) is 19.8 Å². The molecular formula is C52H91O12P. The molecule has 0 spiro atoms. The summed E-state index contributed by atoms with van der Waals surface area (Å²) in [4.78, 5) is 23.2. The molecule has 0 aliphatic heterocycles. The fraction of sp³-hybridized carbons (Fsp3) is 0.750. The molecule has 0 aromatic heterocycles. The standard InChI is InChI=1S/C52H91O12P/c1-3-5-7-9-11-13-15-17-19-21-23-24-26-28-30-32-34-36-38-40-42-61-43-45(44-62-65(59,60)64-52-50(57)48(55)47(54)49(56)51(52)58)63-46(53)41-39-37-35-33-31-29-27-25-22-20-18-16-14-12-10-8-6-4-2/h5,7,11,13,17,19-20,22-24,28,30,45,47-52,54-58H,3-4,6,8-10,12,14-16,18,21,25-27,29,31-44H2,1-2H3,(H,59,60)/b7-5-,13-11-,19-17-,22-20-,24-23-,30-28-. The maximum absolute atomic E-state index is 12.8. The number of esters is 1. The molecule has 6 unspecified atom stereocenters. The summed E-state index contributed by atoms with van der Waals surface area (Å²) >= 11 is 0. The second kappa shape index (κ2) is 41.9. The highest BCUT2D eigenvalue weighted by atomic mass is 31.2. The molecule has 12 nitrogen and oxygen atoms in total. The lowest BCUT2D eigenvalue weighted by atomic mass is 9.85. The monoisotopic (exact) mass is 939 g/mol. The molecule has 1 aliphatic carbocycles. The van der Waals surface area contributed by atoms with E-state index in [9.17, 15) is 39.8 Å². The smallest absolute Gasteiger partial charge is 0.457 e. The summed E-state index contributed by atoms with van der Waals surface area (Å²) in [5, 5.41) is 50.3. The molecule has 0 bridgehead atoms. The lowest BCUT2D eigenvalue weighted by Gasteiger charge is -2.41. The Labute approximate surface area is 393 Å². The molecular weight excluding hydrogens is 848 g/mol. The Bertz CT molecular complexity index is 1350. The van der Waals surface area contributed by atoms with Crippen LogP contribution in [-0.2, 0) is 27.9 Å². The van der Waals surface area contributed by atoms with E-state index >= 15 is 0 Å². The quantitative estimate of drug-likeness (QED) is 0.0147. The van der Waals surface area contributed by atoms with E-state index in [2.05, 4.69) is 86.8 Å². The minimum Gasteiger partial charge on any atom is -0.457 e. The van der Waals surface area contributed by atoms with Crippen molar-refractivity contribution in [3.8, 4) is 0 Å². The first-order valence-corrected chi connectivity index (χ1v) is 26.8. The number of allylic oxidation sites excluding steroid dienone is 12. The fourth-order valence-corrected chi connectivity index (χ4v) is 8.29. The molecule has 0 heterocycles. The summed E-state index contributed by atoms with van der Waals surface area (Å²) in [6, 6.07) is 0. The molecule has 65 heavy (non-hydrogen) atoms. The average molecular weight is 939 g/mol. The molecule has 6 atom stereocenters. The Morgan fingerprint density at radius 2 is 0.908 bits per heavy atom. The van der Waals surface area contributed by atoms with Gasteiger partial charge in [0.1, 0.15) is 42.7 Å². The van der Waals surface area contributed by atoms with Crippen molar-refractivity contribution >= 4 is 13.8 Å². The van der Waals surface area contributed by atoms with Crippen molar-refractivity contribution in [2.45, 2.75) is 230 Å². The van der Waals surface area contributed by atoms with Crippen LogP contribution in [0.25, 0.3) is 0 Å². The number of carbonyl (C=O) groups is 1. The van der Waals surface area contributed by atoms with Crippen LogP contribution in [0.5, 0.6) is 0 Å². The van der Waals surface area contributed by atoms with Gasteiger partial charge in [0.15, 0.2) is 0 Å². The van der Waals surface area contributed by atoms with E-state index in [1.807, 2.05) is 0 Å². The first-order valence-electron chi connectivity index (χ1n) is 25.3. The molecule has 1 fully saturated rings. The van der Waals surface area contributed by atoms with Crippen LogP contribution in [0.3, 0.4) is 0 Å². The van der Waals surface area contributed by atoms with Crippen molar-refractivity contribution in [3.63, 3.8) is 0 Å². The zero-order chi connectivity index (χ0) is 47.6. The first kappa shape index (κ1) is 60.8. The van der Waals surface area contributed by atoms with Gasteiger partial charge in [-0.15, -0.1) is 0 Å². The molecule has 0 saturated heterocycles. The zero-order valence-corrected chi connectivity index (χ0v) is 41.2. The van der Waals surface area contributed by atoms with Gasteiger partial charge < -0.3 is 39.9 Å². The Hall–Kier alpha value is -2.22. The summed E-state index contributed by atoms with van der Waals surface area (Å²) in [6.07, 6.45) is 42.5. The van der Waals surface area contributed by atoms with Gasteiger partial charge >= 0.3 is 13.8 Å². The molecule has 0 amide bonds. The van der Waals surface area contributed by atoms with Crippen LogP contribution in [0.4, 0.5) is 0 Å². The maximum atomic E-state index is 12.8. The number of aliphatic hydroxyl groups excluding tert-OH is 5. The Balaban J connectivity index is 2.39. The van der Waals surface area contributed by atoms with E-state index in [0.717, 1.165) is 96.3 Å². The highest BCUT2D eigenvalue weighted by molar-refractivity contribution is 7.47. The zero-order valence-electron chi connectivity index (χ0n) is 40.3. The van der Waals surface area contributed by atoms with Crippen molar-refractivity contribution in [1.29, 1.82) is 0 Å². The van der Waals surface area contributed by atoms with Crippen LogP contribution in [0, 0.1) is 0 Å². The van der Waals surface area contributed by atoms with Crippen molar-refractivity contribution < 1.29 is 58.3 Å². The first-order chi connectivity index (χ1) is 31.5. The van der Waals surface area contributed by atoms with E-state index in [1.54, 1.807) is 0 Å². The second-order valence-corrected chi connectivity index (χ2v) is 18.7. The number of phosphoric ester groups is 1. The van der Waals surface area contributed by atoms with E-state index in [-0.39, 0.29) is 13.0 Å². The lowest BCUT2D eigenvalue weighted by molar-refractivity contribution is -0.220. The molecule has 376 valence electrons. The normalized spacial score (nSPS) is 22.2. The number of unbranched alkanes of at least 4 members (excludes halogenated alkanes) is 18. The van der Waals surface area contributed by atoms with E-state index in [0.29, 0.717) is 13.0 Å². The van der Waals surface area contributed by atoms with Crippen LogP contribution in [0.15, 0.2) is 72.9 Å². The van der Waals surface area contributed by atoms with Gasteiger partial charge in [-0.05, 0) is 83.5 Å². The van der Waals surface area contributed by atoms with Gasteiger partial charge in [0.2, 0.25) is 0 Å². The van der Waals surface area contributed by atoms with Gasteiger partial charge in [0.25, 0.3) is 0 Å². The largest absolute Gasteiger partial charge is 0.472 e. The minimum atomic E-state index is -5.03. The Morgan fingerprint density at radius 3 is 1.40 bits per heavy atom. The number of carbonyl (C=O) groups excluding carboxylic acids is 1. The van der Waals surface area contributed by atoms with Crippen LogP contribution in [0.2, 0.25) is 0 Å². The predicted molar refractivity (Wildman–Crippen MR) is 262 cm³/mol. The summed E-state index contributed by atoms with van der Waals surface area (Å²) in [6.45, 7) is 4.09. The van der Waals surface area contributed by atoms with Crippen LogP contribution in [0.1, 0.15) is 187 Å². The van der Waals surface area contributed by atoms with Crippen LogP contribution < -0.4 is 0 Å². The second-order valence-electron chi connectivity index (χ2n) is 17.3. The fourth-order valence-electron chi connectivity index (χ4n) is 7.32. The van der Waals surface area contributed by atoms with E-state index in [1.165, 1.54) is 64.2 Å². The molecule has 1 saturated carbocycles. The number of hydrogen-bond acceptors (Lipinski definition) is 11. The van der Waals surface area contributed by atoms with E-state index < -0.39 is 63.1 Å². The number of rotatable bonds is 42. The SMILES string of the molecule is CC/C=C\C/C=C\C/C=C\C/C=C\C/C=C\CCCCCCOCC(COP(=O)(O)OC1C(O)C(O)C(O)C(O)C1O)OC(=O)CCCCCCCCC/C=C\CCCCCCCCC. The van der Waals surface area contributed by atoms with Gasteiger partial charge in [-0.1, -0.05) is 170 Å². The Morgan fingerprint density at radius 1 is 0.508 bits per heavy atom. The van der Waals surface area contributed by atoms with Crippen molar-refractivity contribution in [1.82, 2.24) is 0 Å². The maximum Gasteiger partial charge on any atom is 0.472 e. The molecule has 0 radical (unpaired) electrons. The molecule has 13 heteroatoms. The number of phosphoric acid groups is 1. The van der Waals surface area contributed by atoms with E-state index in [4.69, 9.17) is 18.5 Å². The van der Waals surface area contributed by atoms with Crippen LogP contribution >= 0.6 is 7.82 Å². The van der Waals surface area contributed by atoms with Gasteiger partial charge in [0, 0.05) is 13.0 Å². The van der Waals surface area contributed by atoms with Crippen molar-refractivity contribution in [2.24, 2.45) is 0 Å². The minimum absolute atomic E-state index is 0.0988. The van der Waals surface area contributed by atoms with Gasteiger partial charge in [0.05, 0.1) is 13.2 Å². The molecule has 1 aliphatic rings. The summed E-state index contributed by atoms with van der Waals surface area (Å²) < 4.78 is 34.2. The third kappa shape index (κ3) is 33.8. The summed E-state index contributed by atoms with van der Waals surface area (Å²) in [7, 11) is -5.03. The van der Waals surface area contributed by atoms with Gasteiger partial charge in [-0.3, -0.25) is 13.8 Å². The third-order valence-electron chi connectivity index (χ3n) is 11.3. The van der Waals surface area contributed by atoms with Crippen LogP contribution in [-0.4, -0.2) is 98.9 Å². The predicted octanol–water partition coefficient (Wildman–Crippen LogP) is 11.1. The van der Waals surface area contributed by atoms with Gasteiger partial charge in [-0.2, -0.15) is 0 Å². The molecule has 0 aromatic carbocycles. The number of hydrogen-bond donors (Lipinski definition) is 6.